The van der Waals surface area contributed by atoms with Crippen LogP contribution in [0.2, 0.25) is 5.02 Å². The third-order valence-electron chi connectivity index (χ3n) is 4.70. The first-order chi connectivity index (χ1) is 14.2. The van der Waals surface area contributed by atoms with Crippen LogP contribution in [0.3, 0.4) is 0 Å². The number of aliphatic carboxylic acids is 1. The third-order valence-corrected chi connectivity index (χ3v) is 6.49. The fourth-order valence-corrected chi connectivity index (χ4v) is 4.63. The Balaban J connectivity index is 0.00000341. The molecule has 4 N–H and O–H groups in total. The molecule has 1 atom stereocenters. The fraction of sp³-hybridized carbons (Fsp3) is 0.300. The van der Waals surface area contributed by atoms with Crippen LogP contribution in [0.5, 0.6) is 0 Å². The van der Waals surface area contributed by atoms with Crippen molar-refractivity contribution in [2.24, 2.45) is 0 Å². The second-order valence-electron chi connectivity index (χ2n) is 7.01. The zero-order valence-electron chi connectivity index (χ0n) is 16.0. The standard InChI is InChI=1S/C20H22ClN3O5S.Na.H/c21-15-2-5-18(6-3-15)30(28,29)24-17-9-13-1-4-16(10-14(13)11-17)23-12-19(25)22-8-7-20(26)27;;/h1-6,10,17,23-24H,7-9,11-12H2,(H,22,25)(H,26,27);;. The molecule has 1 amide bonds. The van der Waals surface area contributed by atoms with Crippen molar-refractivity contribution in [2.45, 2.75) is 30.2 Å². The van der Waals surface area contributed by atoms with Gasteiger partial charge in [-0.2, -0.15) is 0 Å². The van der Waals surface area contributed by atoms with Gasteiger partial charge < -0.3 is 15.7 Å². The summed E-state index contributed by atoms with van der Waals surface area (Å²) >= 11 is 5.82. The number of sulfonamides is 1. The molecule has 0 spiro atoms. The Bertz CT molecular complexity index is 1050. The molecule has 0 aliphatic heterocycles. The zero-order valence-corrected chi connectivity index (χ0v) is 17.6. The average Bonchev–Trinajstić information content (AvgIpc) is 3.07. The first-order valence-corrected chi connectivity index (χ1v) is 11.2. The number of carboxylic acid groups (broad SMARTS) is 1. The van der Waals surface area contributed by atoms with E-state index in [-0.39, 0.29) is 65.9 Å². The normalized spacial score (nSPS) is 14.9. The summed E-state index contributed by atoms with van der Waals surface area (Å²) in [4.78, 5) is 22.4. The number of anilines is 1. The summed E-state index contributed by atoms with van der Waals surface area (Å²) < 4.78 is 27.9. The number of carboxylic acids is 1. The second-order valence-corrected chi connectivity index (χ2v) is 9.16. The summed E-state index contributed by atoms with van der Waals surface area (Å²) in [7, 11) is -3.64. The van der Waals surface area contributed by atoms with Gasteiger partial charge in [0.15, 0.2) is 0 Å². The van der Waals surface area contributed by atoms with Crippen LogP contribution >= 0.6 is 11.6 Å². The van der Waals surface area contributed by atoms with Crippen LogP contribution in [0.15, 0.2) is 47.4 Å². The van der Waals surface area contributed by atoms with Crippen molar-refractivity contribution in [1.29, 1.82) is 0 Å². The van der Waals surface area contributed by atoms with Gasteiger partial charge in [0.05, 0.1) is 17.9 Å². The summed E-state index contributed by atoms with van der Waals surface area (Å²) in [6.45, 7) is 0.0977. The van der Waals surface area contributed by atoms with Gasteiger partial charge in [-0.05, 0) is 60.4 Å². The molecule has 31 heavy (non-hydrogen) atoms. The van der Waals surface area contributed by atoms with Crippen LogP contribution in [-0.4, -0.2) is 74.1 Å². The number of rotatable bonds is 9. The first-order valence-electron chi connectivity index (χ1n) is 9.35. The molecule has 3 rings (SSSR count). The SMILES string of the molecule is O=C(O)CCNC(=O)CNc1ccc2c(c1)CC(NS(=O)(=O)c1ccc(Cl)cc1)C2.[NaH]. The summed E-state index contributed by atoms with van der Waals surface area (Å²) in [5.41, 5.74) is 2.80. The Labute approximate surface area is 208 Å². The third kappa shape index (κ3) is 7.48. The van der Waals surface area contributed by atoms with Gasteiger partial charge in [0.2, 0.25) is 15.9 Å². The van der Waals surface area contributed by atoms with Gasteiger partial charge >= 0.3 is 35.5 Å². The molecular formula is C20H23ClN3NaO5S. The predicted molar refractivity (Wildman–Crippen MR) is 120 cm³/mol. The van der Waals surface area contributed by atoms with Crippen molar-refractivity contribution >= 4 is 68.7 Å². The van der Waals surface area contributed by atoms with Crippen molar-refractivity contribution < 1.29 is 23.1 Å². The number of halogens is 1. The maximum atomic E-state index is 12.6. The van der Waals surface area contributed by atoms with Gasteiger partial charge in [-0.15, -0.1) is 0 Å². The van der Waals surface area contributed by atoms with E-state index < -0.39 is 16.0 Å². The first kappa shape index (κ1) is 25.6. The van der Waals surface area contributed by atoms with Crippen molar-refractivity contribution in [2.75, 3.05) is 18.4 Å². The van der Waals surface area contributed by atoms with Crippen molar-refractivity contribution in [1.82, 2.24) is 10.0 Å². The van der Waals surface area contributed by atoms with Crippen molar-refractivity contribution in [3.05, 3.63) is 58.6 Å². The molecule has 1 aliphatic rings. The number of hydrogen-bond acceptors (Lipinski definition) is 5. The summed E-state index contributed by atoms with van der Waals surface area (Å²) in [6.07, 6.45) is 0.999. The zero-order chi connectivity index (χ0) is 21.7. The van der Waals surface area contributed by atoms with E-state index in [1.807, 2.05) is 18.2 Å². The Morgan fingerprint density at radius 3 is 2.42 bits per heavy atom. The number of hydrogen-bond donors (Lipinski definition) is 4. The van der Waals surface area contributed by atoms with Crippen LogP contribution in [0, 0.1) is 0 Å². The summed E-state index contributed by atoms with van der Waals surface area (Å²) in [5.74, 6) is -1.27. The van der Waals surface area contributed by atoms with Gasteiger partial charge in [0, 0.05) is 23.3 Å². The molecule has 11 heteroatoms. The van der Waals surface area contributed by atoms with Crippen LogP contribution in [0.4, 0.5) is 5.69 Å². The molecule has 162 valence electrons. The van der Waals surface area contributed by atoms with Crippen LogP contribution < -0.4 is 15.4 Å². The van der Waals surface area contributed by atoms with Gasteiger partial charge in [-0.1, -0.05) is 17.7 Å². The van der Waals surface area contributed by atoms with E-state index in [4.69, 9.17) is 16.7 Å². The molecule has 2 aromatic carbocycles. The van der Waals surface area contributed by atoms with Gasteiger partial charge in [-0.25, -0.2) is 13.1 Å². The average molecular weight is 476 g/mol. The Hall–Kier alpha value is -1.62. The number of carbonyl (C=O) groups excluding carboxylic acids is 1. The minimum absolute atomic E-state index is 0. The van der Waals surface area contributed by atoms with E-state index in [1.165, 1.54) is 24.3 Å². The second kappa shape index (κ2) is 11.3. The van der Waals surface area contributed by atoms with Crippen molar-refractivity contribution in [3.63, 3.8) is 0 Å². The molecule has 0 bridgehead atoms. The molecule has 1 aliphatic carbocycles. The Morgan fingerprint density at radius 1 is 1.06 bits per heavy atom. The fourth-order valence-electron chi connectivity index (χ4n) is 3.27. The molecule has 0 heterocycles. The van der Waals surface area contributed by atoms with E-state index in [9.17, 15) is 18.0 Å². The van der Waals surface area contributed by atoms with Crippen LogP contribution in [0.25, 0.3) is 0 Å². The number of nitrogens with one attached hydrogen (secondary N) is 3. The Kier molecular flexibility index (Phi) is 9.35. The van der Waals surface area contributed by atoms with E-state index >= 15 is 0 Å². The Morgan fingerprint density at radius 2 is 1.74 bits per heavy atom. The van der Waals surface area contributed by atoms with E-state index in [1.54, 1.807) is 0 Å². The number of fused-ring (bicyclic) bond motifs is 1. The summed E-state index contributed by atoms with van der Waals surface area (Å²) in [6, 6.07) is 11.4. The van der Waals surface area contributed by atoms with Gasteiger partial charge in [-0.3, -0.25) is 9.59 Å². The molecule has 1 unspecified atom stereocenters. The molecule has 2 aromatic rings. The quantitative estimate of drug-likeness (QED) is 0.403. The van der Waals surface area contributed by atoms with E-state index in [0.29, 0.717) is 17.9 Å². The predicted octanol–water partition coefficient (Wildman–Crippen LogP) is 1.14. The topological polar surface area (TPSA) is 125 Å². The molecule has 8 nitrogen and oxygen atoms in total. The molecule has 0 radical (unpaired) electrons. The van der Waals surface area contributed by atoms with Crippen LogP contribution in [0.1, 0.15) is 17.5 Å². The molecule has 0 saturated carbocycles. The van der Waals surface area contributed by atoms with Gasteiger partial charge in [0.1, 0.15) is 0 Å². The number of amides is 1. The van der Waals surface area contributed by atoms with Crippen molar-refractivity contribution in [3.8, 4) is 0 Å². The molecular weight excluding hydrogens is 453 g/mol. The molecule has 0 fully saturated rings. The monoisotopic (exact) mass is 475 g/mol. The number of carbonyl (C=O) groups is 2. The molecule has 0 saturated heterocycles. The minimum atomic E-state index is -3.64. The summed E-state index contributed by atoms with van der Waals surface area (Å²) in [5, 5.41) is 14.6. The molecule has 0 aromatic heterocycles. The van der Waals surface area contributed by atoms with E-state index in [2.05, 4.69) is 15.4 Å². The maximum absolute atomic E-state index is 12.6. The number of benzene rings is 2. The van der Waals surface area contributed by atoms with E-state index in [0.717, 1.165) is 16.8 Å². The van der Waals surface area contributed by atoms with Gasteiger partial charge in [0.25, 0.3) is 0 Å². The van der Waals surface area contributed by atoms with Crippen LogP contribution in [-0.2, 0) is 32.5 Å².